The van der Waals surface area contributed by atoms with Crippen LogP contribution in [0.1, 0.15) is 18.4 Å². The molecule has 1 aliphatic heterocycles. The molecule has 126 valence electrons. The summed E-state index contributed by atoms with van der Waals surface area (Å²) in [5.74, 6) is 0.479. The Labute approximate surface area is 140 Å². The molecule has 0 aliphatic carbocycles. The number of anilines is 2. The molecule has 1 fully saturated rings. The van der Waals surface area contributed by atoms with Gasteiger partial charge in [-0.05, 0) is 42.7 Å². The zero-order chi connectivity index (χ0) is 16.8. The molecule has 1 aromatic carbocycles. The third-order valence-electron chi connectivity index (χ3n) is 4.01. The van der Waals surface area contributed by atoms with Gasteiger partial charge in [0.05, 0.1) is 11.9 Å². The number of amides is 1. The van der Waals surface area contributed by atoms with Crippen molar-refractivity contribution in [1.82, 2.24) is 4.98 Å². The van der Waals surface area contributed by atoms with Gasteiger partial charge < -0.3 is 15.4 Å². The minimum atomic E-state index is -0.249. The molecular weight excluding hydrogens is 309 g/mol. The van der Waals surface area contributed by atoms with Crippen molar-refractivity contribution >= 4 is 17.4 Å². The highest BCUT2D eigenvalue weighted by Crippen LogP contribution is 2.18. The number of nitrogens with one attached hydrogen (secondary N) is 2. The van der Waals surface area contributed by atoms with Gasteiger partial charge >= 0.3 is 0 Å². The lowest BCUT2D eigenvalue weighted by molar-refractivity contribution is -0.122. The normalized spacial score (nSPS) is 15.0. The van der Waals surface area contributed by atoms with E-state index in [1.165, 1.54) is 12.1 Å². The molecule has 0 unspecified atom stereocenters. The first kappa shape index (κ1) is 16.4. The van der Waals surface area contributed by atoms with Gasteiger partial charge in [0.2, 0.25) is 5.91 Å². The number of nitrogens with zero attached hydrogens (tertiary/aromatic N) is 1. The molecule has 2 N–H and O–H groups in total. The topological polar surface area (TPSA) is 63.2 Å². The monoisotopic (exact) mass is 329 g/mol. The second-order valence-corrected chi connectivity index (χ2v) is 5.79. The molecule has 1 aliphatic rings. The van der Waals surface area contributed by atoms with Crippen molar-refractivity contribution in [3.63, 3.8) is 0 Å². The van der Waals surface area contributed by atoms with Gasteiger partial charge in [-0.25, -0.2) is 9.37 Å². The molecule has 6 heteroatoms. The molecule has 2 heterocycles. The first-order valence-electron chi connectivity index (χ1n) is 8.04. The second kappa shape index (κ2) is 7.88. The highest BCUT2D eigenvalue weighted by molar-refractivity contribution is 5.92. The molecule has 3 rings (SSSR count). The molecule has 5 nitrogen and oxygen atoms in total. The van der Waals surface area contributed by atoms with Crippen LogP contribution in [0.2, 0.25) is 0 Å². The SMILES string of the molecule is O=C(Nc1ccc(NCc2ccc(F)cc2)nc1)C1CCOCC1. The van der Waals surface area contributed by atoms with E-state index in [0.29, 0.717) is 31.3 Å². The van der Waals surface area contributed by atoms with Crippen LogP contribution in [0.4, 0.5) is 15.9 Å². The van der Waals surface area contributed by atoms with Crippen LogP contribution in [-0.2, 0) is 16.1 Å². The minimum absolute atomic E-state index is 0.00928. The van der Waals surface area contributed by atoms with Gasteiger partial charge in [0, 0.05) is 25.7 Å². The average Bonchev–Trinajstić information content (AvgIpc) is 2.63. The Morgan fingerprint density at radius 3 is 2.58 bits per heavy atom. The van der Waals surface area contributed by atoms with Crippen LogP contribution < -0.4 is 10.6 Å². The first-order valence-corrected chi connectivity index (χ1v) is 8.04. The summed E-state index contributed by atoms with van der Waals surface area (Å²) < 4.78 is 18.1. The average molecular weight is 329 g/mol. The van der Waals surface area contributed by atoms with E-state index in [2.05, 4.69) is 15.6 Å². The maximum Gasteiger partial charge on any atom is 0.227 e. The number of ether oxygens (including phenoxy) is 1. The summed E-state index contributed by atoms with van der Waals surface area (Å²) >= 11 is 0. The number of carbonyl (C=O) groups is 1. The van der Waals surface area contributed by atoms with Crippen LogP contribution in [0.25, 0.3) is 0 Å². The first-order chi connectivity index (χ1) is 11.7. The molecule has 1 aromatic heterocycles. The van der Waals surface area contributed by atoms with Crippen molar-refractivity contribution in [2.24, 2.45) is 5.92 Å². The molecule has 0 radical (unpaired) electrons. The van der Waals surface area contributed by atoms with Gasteiger partial charge in [-0.1, -0.05) is 12.1 Å². The number of hydrogen-bond donors (Lipinski definition) is 2. The summed E-state index contributed by atoms with van der Waals surface area (Å²) in [6, 6.07) is 9.94. The maximum absolute atomic E-state index is 12.9. The standard InChI is InChI=1S/C18H20FN3O2/c19-15-3-1-13(2-4-15)11-20-17-6-5-16(12-21-17)22-18(23)14-7-9-24-10-8-14/h1-6,12,14H,7-11H2,(H,20,21)(H,22,23). The highest BCUT2D eigenvalue weighted by Gasteiger charge is 2.21. The summed E-state index contributed by atoms with van der Waals surface area (Å²) in [6.07, 6.45) is 3.15. The number of rotatable bonds is 5. The fraction of sp³-hybridized carbons (Fsp3) is 0.333. The van der Waals surface area contributed by atoms with E-state index >= 15 is 0 Å². The van der Waals surface area contributed by atoms with Gasteiger partial charge in [-0.2, -0.15) is 0 Å². The number of hydrogen-bond acceptors (Lipinski definition) is 4. The predicted molar refractivity (Wildman–Crippen MR) is 90.1 cm³/mol. The van der Waals surface area contributed by atoms with E-state index < -0.39 is 0 Å². The van der Waals surface area contributed by atoms with Crippen molar-refractivity contribution in [3.8, 4) is 0 Å². The Kier molecular flexibility index (Phi) is 5.38. The van der Waals surface area contributed by atoms with Crippen molar-refractivity contribution in [1.29, 1.82) is 0 Å². The third kappa shape index (κ3) is 4.52. The molecule has 0 atom stereocenters. The van der Waals surface area contributed by atoms with Crippen LogP contribution in [-0.4, -0.2) is 24.1 Å². The quantitative estimate of drug-likeness (QED) is 0.884. The Morgan fingerprint density at radius 2 is 1.92 bits per heavy atom. The van der Waals surface area contributed by atoms with E-state index in [4.69, 9.17) is 4.74 Å². The summed E-state index contributed by atoms with van der Waals surface area (Å²) in [6.45, 7) is 1.84. The van der Waals surface area contributed by atoms with Crippen molar-refractivity contribution in [2.75, 3.05) is 23.8 Å². The van der Waals surface area contributed by atoms with E-state index in [-0.39, 0.29) is 17.6 Å². The number of halogens is 1. The molecule has 0 saturated carbocycles. The van der Waals surface area contributed by atoms with E-state index in [1.54, 1.807) is 18.3 Å². The lowest BCUT2D eigenvalue weighted by Gasteiger charge is -2.21. The zero-order valence-corrected chi connectivity index (χ0v) is 13.3. The van der Waals surface area contributed by atoms with Crippen molar-refractivity contribution in [3.05, 3.63) is 54.0 Å². The highest BCUT2D eigenvalue weighted by atomic mass is 19.1. The Bertz CT molecular complexity index is 668. The van der Waals surface area contributed by atoms with E-state index in [9.17, 15) is 9.18 Å². The summed E-state index contributed by atoms with van der Waals surface area (Å²) in [4.78, 5) is 16.4. The number of pyridine rings is 1. The Hall–Kier alpha value is -2.47. The van der Waals surface area contributed by atoms with Gasteiger partial charge in [0.25, 0.3) is 0 Å². The lowest BCUT2D eigenvalue weighted by atomic mass is 9.99. The summed E-state index contributed by atoms with van der Waals surface area (Å²) in [5.41, 5.74) is 1.65. The van der Waals surface area contributed by atoms with Crippen molar-refractivity contribution < 1.29 is 13.9 Å². The maximum atomic E-state index is 12.9. The van der Waals surface area contributed by atoms with Crippen molar-refractivity contribution in [2.45, 2.75) is 19.4 Å². The van der Waals surface area contributed by atoms with E-state index in [0.717, 1.165) is 18.4 Å². The third-order valence-corrected chi connectivity index (χ3v) is 4.01. The van der Waals surface area contributed by atoms with Crippen LogP contribution >= 0.6 is 0 Å². The van der Waals surface area contributed by atoms with Crippen LogP contribution in [0.3, 0.4) is 0 Å². The fourth-order valence-corrected chi connectivity index (χ4v) is 2.57. The molecule has 0 spiro atoms. The number of benzene rings is 1. The molecule has 0 bridgehead atoms. The van der Waals surface area contributed by atoms with E-state index in [1.807, 2.05) is 12.1 Å². The van der Waals surface area contributed by atoms with Crippen LogP contribution in [0.5, 0.6) is 0 Å². The molecule has 24 heavy (non-hydrogen) atoms. The Balaban J connectivity index is 1.51. The smallest absolute Gasteiger partial charge is 0.227 e. The van der Waals surface area contributed by atoms with Gasteiger partial charge in [-0.3, -0.25) is 4.79 Å². The molecule has 1 amide bonds. The summed E-state index contributed by atoms with van der Waals surface area (Å²) in [5, 5.41) is 6.05. The Morgan fingerprint density at radius 1 is 1.17 bits per heavy atom. The van der Waals surface area contributed by atoms with Gasteiger partial charge in [-0.15, -0.1) is 0 Å². The lowest BCUT2D eigenvalue weighted by Crippen LogP contribution is -2.28. The van der Waals surface area contributed by atoms with Gasteiger partial charge in [0.15, 0.2) is 0 Å². The fourth-order valence-electron chi connectivity index (χ4n) is 2.57. The molecule has 2 aromatic rings. The second-order valence-electron chi connectivity index (χ2n) is 5.79. The minimum Gasteiger partial charge on any atom is -0.381 e. The molecular formula is C18H20FN3O2. The molecule has 1 saturated heterocycles. The van der Waals surface area contributed by atoms with Crippen LogP contribution in [0.15, 0.2) is 42.6 Å². The zero-order valence-electron chi connectivity index (χ0n) is 13.3. The van der Waals surface area contributed by atoms with Gasteiger partial charge in [0.1, 0.15) is 11.6 Å². The largest absolute Gasteiger partial charge is 0.381 e. The number of carbonyl (C=O) groups excluding carboxylic acids is 1. The number of aromatic nitrogens is 1. The summed E-state index contributed by atoms with van der Waals surface area (Å²) in [7, 11) is 0. The predicted octanol–water partition coefficient (Wildman–Crippen LogP) is 3.20. The van der Waals surface area contributed by atoms with Crippen LogP contribution in [0, 0.1) is 11.7 Å².